The van der Waals surface area contributed by atoms with Gasteiger partial charge in [0, 0.05) is 6.21 Å². The van der Waals surface area contributed by atoms with Gasteiger partial charge in [-0.2, -0.15) is 0 Å². The van der Waals surface area contributed by atoms with Gasteiger partial charge in [0.05, 0.1) is 11.6 Å². The van der Waals surface area contributed by atoms with E-state index in [1.807, 2.05) is 42.5 Å². The van der Waals surface area contributed by atoms with Crippen LogP contribution in [0.5, 0.6) is 5.75 Å². The van der Waals surface area contributed by atoms with Crippen LogP contribution < -0.4 is 4.74 Å². The fraction of sp³-hybridized carbons (Fsp3) is 0.0714. The number of halogens is 1. The van der Waals surface area contributed by atoms with Crippen molar-refractivity contribution < 1.29 is 4.74 Å². The summed E-state index contributed by atoms with van der Waals surface area (Å²) in [7, 11) is 1.65. The summed E-state index contributed by atoms with van der Waals surface area (Å²) in [6.07, 6.45) is 1.34. The van der Waals surface area contributed by atoms with E-state index >= 15 is 0 Å². The van der Waals surface area contributed by atoms with Crippen LogP contribution in [-0.4, -0.2) is 13.3 Å². The number of hydrogen-bond donors (Lipinski definition) is 1. The molecule has 0 spiro atoms. The van der Waals surface area contributed by atoms with Crippen LogP contribution in [0.15, 0.2) is 46.9 Å². The van der Waals surface area contributed by atoms with Gasteiger partial charge in [-0.05, 0) is 44.8 Å². The molecule has 2 aromatic carbocycles. The molecule has 1 N–H and O–H groups in total. The van der Waals surface area contributed by atoms with E-state index in [4.69, 9.17) is 10.1 Å². The predicted octanol–water partition coefficient (Wildman–Crippen LogP) is 4.12. The topological polar surface area (TPSA) is 33.1 Å². The summed E-state index contributed by atoms with van der Waals surface area (Å²) in [4.78, 5) is 0. The normalized spacial score (nSPS) is 10.0. The molecule has 2 rings (SSSR count). The Morgan fingerprint density at radius 3 is 2.29 bits per heavy atom. The maximum absolute atomic E-state index is 7.16. The second-order valence-corrected chi connectivity index (χ2v) is 4.47. The van der Waals surface area contributed by atoms with Crippen molar-refractivity contribution in [2.24, 2.45) is 0 Å². The Hall–Kier alpha value is -1.61. The molecule has 0 fully saturated rings. The molecule has 3 heteroatoms. The Bertz CT molecular complexity index is 534. The molecule has 17 heavy (non-hydrogen) atoms. The van der Waals surface area contributed by atoms with Crippen molar-refractivity contribution in [2.45, 2.75) is 0 Å². The number of rotatable bonds is 3. The summed E-state index contributed by atoms with van der Waals surface area (Å²) < 4.78 is 6.21. The summed E-state index contributed by atoms with van der Waals surface area (Å²) in [6.45, 7) is 0. The van der Waals surface area contributed by atoms with E-state index in [0.717, 1.165) is 26.9 Å². The largest absolute Gasteiger partial charge is 0.496 e. The molecule has 0 bridgehead atoms. The lowest BCUT2D eigenvalue weighted by Crippen LogP contribution is -1.86. The fourth-order valence-corrected chi connectivity index (χ4v) is 2.02. The predicted molar refractivity (Wildman–Crippen MR) is 74.0 cm³/mol. The zero-order chi connectivity index (χ0) is 12.3. The van der Waals surface area contributed by atoms with Crippen molar-refractivity contribution in [3.63, 3.8) is 0 Å². The third kappa shape index (κ3) is 2.56. The van der Waals surface area contributed by atoms with E-state index < -0.39 is 0 Å². The lowest BCUT2D eigenvalue weighted by atomic mass is 10.0. The summed E-state index contributed by atoms with van der Waals surface area (Å²) in [5.41, 5.74) is 3.11. The highest BCUT2D eigenvalue weighted by Crippen LogP contribution is 2.30. The minimum Gasteiger partial charge on any atom is -0.496 e. The lowest BCUT2D eigenvalue weighted by molar-refractivity contribution is 0.412. The van der Waals surface area contributed by atoms with Gasteiger partial charge in [0.25, 0.3) is 0 Å². The van der Waals surface area contributed by atoms with Crippen LogP contribution in [0.1, 0.15) is 5.56 Å². The molecule has 0 unspecified atom stereocenters. The van der Waals surface area contributed by atoms with Crippen LogP contribution in [0, 0.1) is 5.41 Å². The van der Waals surface area contributed by atoms with Crippen molar-refractivity contribution >= 4 is 22.1 Å². The van der Waals surface area contributed by atoms with Gasteiger partial charge in [0.2, 0.25) is 0 Å². The highest BCUT2D eigenvalue weighted by atomic mass is 79.9. The SMILES string of the molecule is COc1cc(-c2ccc(C=N)cc2)ccc1Br. The minimum atomic E-state index is 0.818. The first-order valence-electron chi connectivity index (χ1n) is 5.19. The third-order valence-corrected chi connectivity index (χ3v) is 3.22. The Labute approximate surface area is 109 Å². The number of hydrogen-bond acceptors (Lipinski definition) is 2. The number of nitrogens with one attached hydrogen (secondary N) is 1. The zero-order valence-corrected chi connectivity index (χ0v) is 11.0. The third-order valence-electron chi connectivity index (χ3n) is 2.56. The van der Waals surface area contributed by atoms with E-state index in [1.165, 1.54) is 6.21 Å². The van der Waals surface area contributed by atoms with E-state index in [0.29, 0.717) is 0 Å². The first-order valence-corrected chi connectivity index (χ1v) is 5.98. The Morgan fingerprint density at radius 2 is 1.71 bits per heavy atom. The van der Waals surface area contributed by atoms with Crippen molar-refractivity contribution in [2.75, 3.05) is 7.11 Å². The van der Waals surface area contributed by atoms with E-state index in [9.17, 15) is 0 Å². The van der Waals surface area contributed by atoms with Gasteiger partial charge < -0.3 is 10.1 Å². The first-order chi connectivity index (χ1) is 8.24. The molecule has 0 atom stereocenters. The molecular weight excluding hydrogens is 278 g/mol. The number of ether oxygens (including phenoxy) is 1. The fourth-order valence-electron chi connectivity index (χ4n) is 1.61. The Kier molecular flexibility index (Phi) is 3.59. The second kappa shape index (κ2) is 5.15. The molecule has 0 aromatic heterocycles. The van der Waals surface area contributed by atoms with E-state index in [-0.39, 0.29) is 0 Å². The molecular formula is C14H12BrNO. The second-order valence-electron chi connectivity index (χ2n) is 3.62. The van der Waals surface area contributed by atoms with Crippen LogP contribution in [0.4, 0.5) is 0 Å². The molecule has 0 saturated heterocycles. The quantitative estimate of drug-likeness (QED) is 0.847. The first kappa shape index (κ1) is 11.9. The molecule has 0 amide bonds. The van der Waals surface area contributed by atoms with Crippen LogP contribution in [-0.2, 0) is 0 Å². The summed E-state index contributed by atoms with van der Waals surface area (Å²) in [6, 6.07) is 13.9. The van der Waals surface area contributed by atoms with Gasteiger partial charge in [0.1, 0.15) is 5.75 Å². The molecule has 0 heterocycles. The molecule has 0 aliphatic heterocycles. The van der Waals surface area contributed by atoms with Gasteiger partial charge in [-0.1, -0.05) is 30.3 Å². The van der Waals surface area contributed by atoms with Crippen LogP contribution in [0.3, 0.4) is 0 Å². The van der Waals surface area contributed by atoms with Crippen molar-refractivity contribution in [3.05, 3.63) is 52.5 Å². The van der Waals surface area contributed by atoms with Gasteiger partial charge in [0.15, 0.2) is 0 Å². The van der Waals surface area contributed by atoms with Gasteiger partial charge >= 0.3 is 0 Å². The van der Waals surface area contributed by atoms with E-state index in [2.05, 4.69) is 15.9 Å². The highest BCUT2D eigenvalue weighted by Gasteiger charge is 2.03. The summed E-state index contributed by atoms with van der Waals surface area (Å²) in [5, 5.41) is 7.16. The average molecular weight is 290 g/mol. The summed E-state index contributed by atoms with van der Waals surface area (Å²) >= 11 is 3.43. The smallest absolute Gasteiger partial charge is 0.133 e. The van der Waals surface area contributed by atoms with Crippen molar-refractivity contribution in [3.8, 4) is 16.9 Å². The molecule has 2 aromatic rings. The number of methoxy groups -OCH3 is 1. The standard InChI is InChI=1S/C14H12BrNO/c1-17-14-8-12(6-7-13(14)15)11-4-2-10(9-16)3-5-11/h2-9,16H,1H3. The number of benzene rings is 2. The van der Waals surface area contributed by atoms with E-state index in [1.54, 1.807) is 7.11 Å². The van der Waals surface area contributed by atoms with Crippen LogP contribution in [0.25, 0.3) is 11.1 Å². The highest BCUT2D eigenvalue weighted by molar-refractivity contribution is 9.10. The molecule has 0 aliphatic carbocycles. The molecule has 86 valence electrons. The maximum Gasteiger partial charge on any atom is 0.133 e. The van der Waals surface area contributed by atoms with Crippen molar-refractivity contribution in [1.29, 1.82) is 5.41 Å². The lowest BCUT2D eigenvalue weighted by Gasteiger charge is -2.07. The minimum absolute atomic E-state index is 0.818. The van der Waals surface area contributed by atoms with Crippen molar-refractivity contribution in [1.82, 2.24) is 0 Å². The molecule has 0 saturated carbocycles. The molecule has 0 aliphatic rings. The average Bonchev–Trinajstić information content (AvgIpc) is 2.39. The van der Waals surface area contributed by atoms with Gasteiger partial charge in [-0.3, -0.25) is 0 Å². The zero-order valence-electron chi connectivity index (χ0n) is 9.41. The Morgan fingerprint density at radius 1 is 1.06 bits per heavy atom. The molecule has 0 radical (unpaired) electrons. The summed E-state index contributed by atoms with van der Waals surface area (Å²) in [5.74, 6) is 0.818. The van der Waals surface area contributed by atoms with Crippen LogP contribution >= 0.6 is 15.9 Å². The van der Waals surface area contributed by atoms with Gasteiger partial charge in [-0.25, -0.2) is 0 Å². The van der Waals surface area contributed by atoms with Crippen LogP contribution in [0.2, 0.25) is 0 Å². The molecule has 2 nitrogen and oxygen atoms in total. The monoisotopic (exact) mass is 289 g/mol. The van der Waals surface area contributed by atoms with Gasteiger partial charge in [-0.15, -0.1) is 0 Å². The Balaban J connectivity index is 2.41. The maximum atomic E-state index is 7.16.